The van der Waals surface area contributed by atoms with Gasteiger partial charge in [0, 0.05) is 50.2 Å². The summed E-state index contributed by atoms with van der Waals surface area (Å²) in [6.45, 7) is 15.8. The zero-order chi connectivity index (χ0) is 20.4. The Labute approximate surface area is 199 Å². The third-order valence-electron chi connectivity index (χ3n) is 5.66. The number of nitrogens with one attached hydrogen (secondary N) is 2. The largest absolute Gasteiger partial charge is 0.356 e. The molecule has 5 nitrogen and oxygen atoms in total. The summed E-state index contributed by atoms with van der Waals surface area (Å²) in [7, 11) is 1.87. The molecule has 0 atom stereocenters. The van der Waals surface area contributed by atoms with Crippen LogP contribution in [-0.4, -0.2) is 67.6 Å². The van der Waals surface area contributed by atoms with Crippen molar-refractivity contribution >= 4 is 41.3 Å². The lowest BCUT2D eigenvalue weighted by Crippen LogP contribution is -2.44. The number of guanidine groups is 1. The van der Waals surface area contributed by atoms with Gasteiger partial charge < -0.3 is 10.6 Å². The molecule has 1 aromatic heterocycles. The second-order valence-electron chi connectivity index (χ2n) is 8.46. The number of hydrogen-bond donors (Lipinski definition) is 2. The highest BCUT2D eigenvalue weighted by Crippen LogP contribution is 2.20. The molecule has 0 unspecified atom stereocenters. The smallest absolute Gasteiger partial charge is 0.190 e. The Bertz CT molecular complexity index is 546. The fourth-order valence-corrected chi connectivity index (χ4v) is 4.76. The summed E-state index contributed by atoms with van der Waals surface area (Å²) in [6, 6.07) is 5.60. The number of nitrogens with zero attached hydrogens (tertiary/aromatic N) is 3. The van der Waals surface area contributed by atoms with E-state index < -0.39 is 0 Å². The number of piperidine rings is 1. The van der Waals surface area contributed by atoms with Gasteiger partial charge >= 0.3 is 0 Å². The van der Waals surface area contributed by atoms with Gasteiger partial charge in [-0.1, -0.05) is 6.07 Å². The molecule has 0 aliphatic carbocycles. The highest BCUT2D eigenvalue weighted by Gasteiger charge is 2.19. The molecule has 7 heteroatoms. The molecule has 168 valence electrons. The van der Waals surface area contributed by atoms with Crippen LogP contribution in [0.25, 0.3) is 0 Å². The zero-order valence-electron chi connectivity index (χ0n) is 19.0. The highest BCUT2D eigenvalue weighted by molar-refractivity contribution is 14.0. The molecule has 0 amide bonds. The van der Waals surface area contributed by atoms with Crippen LogP contribution >= 0.6 is 35.3 Å². The van der Waals surface area contributed by atoms with Crippen molar-refractivity contribution in [2.75, 3.05) is 39.8 Å². The molecule has 1 fully saturated rings. The van der Waals surface area contributed by atoms with Crippen molar-refractivity contribution < 1.29 is 0 Å². The van der Waals surface area contributed by atoms with Crippen molar-refractivity contribution in [2.24, 2.45) is 10.9 Å². The van der Waals surface area contributed by atoms with E-state index in [2.05, 4.69) is 70.6 Å². The molecule has 0 bridgehead atoms. The molecule has 2 rings (SSSR count). The summed E-state index contributed by atoms with van der Waals surface area (Å²) < 4.78 is 0. The van der Waals surface area contributed by atoms with E-state index in [0.717, 1.165) is 44.5 Å². The number of likely N-dealkylation sites (tertiary alicyclic amines) is 1. The van der Waals surface area contributed by atoms with Crippen LogP contribution in [0.2, 0.25) is 0 Å². The van der Waals surface area contributed by atoms with E-state index in [-0.39, 0.29) is 24.0 Å². The molecule has 1 aliphatic heterocycles. The Kier molecular flexibility index (Phi) is 13.4. The predicted octanol–water partition coefficient (Wildman–Crippen LogP) is 4.25. The Morgan fingerprint density at radius 3 is 2.45 bits per heavy atom. The number of rotatable bonds is 10. The van der Waals surface area contributed by atoms with Gasteiger partial charge in [0.1, 0.15) is 0 Å². The number of halogens is 1. The number of hydrogen-bond acceptors (Lipinski definition) is 4. The predicted molar refractivity (Wildman–Crippen MR) is 139 cm³/mol. The Hall–Kier alpha value is -0.380. The fourth-order valence-electron chi connectivity index (χ4n) is 4.01. The van der Waals surface area contributed by atoms with Crippen molar-refractivity contribution in [3.63, 3.8) is 0 Å². The van der Waals surface area contributed by atoms with E-state index in [1.165, 1.54) is 30.8 Å². The van der Waals surface area contributed by atoms with Gasteiger partial charge in [0.25, 0.3) is 0 Å². The molecule has 0 spiro atoms. The van der Waals surface area contributed by atoms with Gasteiger partial charge in [-0.15, -0.1) is 35.3 Å². The first-order valence-corrected chi connectivity index (χ1v) is 11.8. The minimum absolute atomic E-state index is 0. The van der Waals surface area contributed by atoms with Crippen molar-refractivity contribution in [2.45, 2.75) is 65.6 Å². The van der Waals surface area contributed by atoms with Gasteiger partial charge in [-0.2, -0.15) is 0 Å². The van der Waals surface area contributed by atoms with E-state index in [1.807, 2.05) is 18.4 Å². The molecular weight excluding hydrogens is 493 g/mol. The third kappa shape index (κ3) is 9.98. The van der Waals surface area contributed by atoms with Crippen LogP contribution in [0, 0.1) is 5.92 Å². The maximum Gasteiger partial charge on any atom is 0.190 e. The molecule has 29 heavy (non-hydrogen) atoms. The molecule has 0 radical (unpaired) electrons. The lowest BCUT2D eigenvalue weighted by atomic mass is 9.97. The van der Waals surface area contributed by atoms with Crippen LogP contribution < -0.4 is 10.6 Å². The molecular formula is C22H42IN5S. The molecule has 1 aliphatic rings. The van der Waals surface area contributed by atoms with Crippen molar-refractivity contribution in [1.29, 1.82) is 0 Å². The molecule has 1 aromatic rings. The SMILES string of the molecule is CN=C(NCCCN(C(C)C)C(C)C)NCC1CCN(Cc2cccs2)CC1.I. The van der Waals surface area contributed by atoms with E-state index >= 15 is 0 Å². The maximum absolute atomic E-state index is 4.40. The second-order valence-corrected chi connectivity index (χ2v) is 9.49. The first-order valence-electron chi connectivity index (χ1n) is 10.9. The Balaban J connectivity index is 0.00000420. The van der Waals surface area contributed by atoms with E-state index in [0.29, 0.717) is 12.1 Å². The van der Waals surface area contributed by atoms with Crippen LogP contribution in [0.15, 0.2) is 22.5 Å². The summed E-state index contributed by atoms with van der Waals surface area (Å²) in [5.74, 6) is 1.69. The fraction of sp³-hybridized carbons (Fsp3) is 0.773. The molecule has 0 saturated carbocycles. The molecule has 1 saturated heterocycles. The minimum atomic E-state index is 0. The number of thiophene rings is 1. The zero-order valence-corrected chi connectivity index (χ0v) is 22.1. The summed E-state index contributed by atoms with van der Waals surface area (Å²) in [5.41, 5.74) is 0. The standard InChI is InChI=1S/C22H41N5S.HI/c1-18(2)27(19(3)4)12-7-11-24-22(23-5)25-16-20-9-13-26(14-10-20)17-21-8-6-15-28-21;/h6,8,15,18-20H,7,9-14,16-17H2,1-5H3,(H2,23,24,25);1H. The monoisotopic (exact) mass is 535 g/mol. The second kappa shape index (κ2) is 14.6. The lowest BCUT2D eigenvalue weighted by molar-refractivity contribution is 0.173. The average molecular weight is 536 g/mol. The third-order valence-corrected chi connectivity index (χ3v) is 6.52. The topological polar surface area (TPSA) is 42.9 Å². The molecule has 2 heterocycles. The average Bonchev–Trinajstić information content (AvgIpc) is 3.17. The summed E-state index contributed by atoms with van der Waals surface area (Å²) >= 11 is 1.87. The minimum Gasteiger partial charge on any atom is -0.356 e. The van der Waals surface area contributed by atoms with Crippen LogP contribution in [-0.2, 0) is 6.54 Å². The normalized spacial score (nSPS) is 16.5. The van der Waals surface area contributed by atoms with Crippen molar-refractivity contribution in [1.82, 2.24) is 20.4 Å². The summed E-state index contributed by atoms with van der Waals surface area (Å²) in [5, 5.41) is 9.20. The van der Waals surface area contributed by atoms with Gasteiger partial charge in [0.2, 0.25) is 0 Å². The lowest BCUT2D eigenvalue weighted by Gasteiger charge is -2.32. The molecule has 0 aromatic carbocycles. The van der Waals surface area contributed by atoms with Gasteiger partial charge in [0.15, 0.2) is 5.96 Å². The van der Waals surface area contributed by atoms with Crippen molar-refractivity contribution in [3.05, 3.63) is 22.4 Å². The van der Waals surface area contributed by atoms with Crippen LogP contribution in [0.1, 0.15) is 51.8 Å². The van der Waals surface area contributed by atoms with E-state index in [4.69, 9.17) is 0 Å². The highest BCUT2D eigenvalue weighted by atomic mass is 127. The summed E-state index contributed by atoms with van der Waals surface area (Å²) in [4.78, 5) is 11.0. The van der Waals surface area contributed by atoms with Crippen LogP contribution in [0.5, 0.6) is 0 Å². The maximum atomic E-state index is 4.40. The van der Waals surface area contributed by atoms with Gasteiger partial charge in [-0.3, -0.25) is 14.8 Å². The van der Waals surface area contributed by atoms with Gasteiger partial charge in [0.05, 0.1) is 0 Å². The Morgan fingerprint density at radius 2 is 1.90 bits per heavy atom. The van der Waals surface area contributed by atoms with Gasteiger partial charge in [-0.25, -0.2) is 0 Å². The van der Waals surface area contributed by atoms with E-state index in [9.17, 15) is 0 Å². The van der Waals surface area contributed by atoms with Crippen LogP contribution in [0.4, 0.5) is 0 Å². The van der Waals surface area contributed by atoms with E-state index in [1.54, 1.807) is 0 Å². The van der Waals surface area contributed by atoms with Gasteiger partial charge in [-0.05, 0) is 77.4 Å². The number of aliphatic imine (C=N–C) groups is 1. The first kappa shape index (κ1) is 26.7. The quantitative estimate of drug-likeness (QED) is 0.204. The van der Waals surface area contributed by atoms with Crippen molar-refractivity contribution in [3.8, 4) is 0 Å². The van der Waals surface area contributed by atoms with Crippen LogP contribution in [0.3, 0.4) is 0 Å². The first-order chi connectivity index (χ1) is 13.5. The summed E-state index contributed by atoms with van der Waals surface area (Å²) in [6.07, 6.45) is 3.68. The Morgan fingerprint density at radius 1 is 1.21 bits per heavy atom. The molecule has 2 N–H and O–H groups in total.